The zero-order chi connectivity index (χ0) is 14.2. The molecule has 0 atom stereocenters. The van der Waals surface area contributed by atoms with Crippen molar-refractivity contribution in [1.82, 2.24) is 19.9 Å². The van der Waals surface area contributed by atoms with Crippen LogP contribution < -0.4 is 10.6 Å². The molecule has 0 saturated carbocycles. The molecule has 0 aliphatic rings. The van der Waals surface area contributed by atoms with Crippen molar-refractivity contribution in [3.63, 3.8) is 0 Å². The summed E-state index contributed by atoms with van der Waals surface area (Å²) >= 11 is 0. The molecule has 106 valence electrons. The Hall–Kier alpha value is -2.37. The second-order valence-electron chi connectivity index (χ2n) is 4.41. The molecule has 0 radical (unpaired) electrons. The average molecular weight is 273 g/mol. The van der Waals surface area contributed by atoms with Gasteiger partial charge in [0.05, 0.1) is 6.33 Å². The van der Waals surface area contributed by atoms with Crippen LogP contribution in [0.5, 0.6) is 0 Å². The van der Waals surface area contributed by atoms with Crippen molar-refractivity contribution < 1.29 is 4.79 Å². The van der Waals surface area contributed by atoms with Crippen LogP contribution in [-0.2, 0) is 6.54 Å². The van der Waals surface area contributed by atoms with Gasteiger partial charge in [-0.1, -0.05) is 6.92 Å². The number of hydrogen-bond donors (Lipinski definition) is 2. The number of nitrogens with zero attached hydrogens (tertiary/aromatic N) is 3. The fraction of sp³-hybridized carbons (Fsp3) is 0.357. The van der Waals surface area contributed by atoms with E-state index in [1.165, 1.54) is 0 Å². The fourth-order valence-electron chi connectivity index (χ4n) is 1.74. The van der Waals surface area contributed by atoms with Crippen molar-refractivity contribution in [3.8, 4) is 0 Å². The van der Waals surface area contributed by atoms with E-state index in [9.17, 15) is 4.79 Å². The van der Waals surface area contributed by atoms with Crippen molar-refractivity contribution in [2.75, 3.05) is 18.4 Å². The molecule has 2 aromatic heterocycles. The van der Waals surface area contributed by atoms with Crippen LogP contribution in [-0.4, -0.2) is 33.5 Å². The molecule has 2 aromatic rings. The molecule has 0 spiro atoms. The summed E-state index contributed by atoms with van der Waals surface area (Å²) in [6.45, 7) is 4.21. The quantitative estimate of drug-likeness (QED) is 0.802. The van der Waals surface area contributed by atoms with Crippen molar-refractivity contribution in [2.45, 2.75) is 19.9 Å². The highest BCUT2D eigenvalue weighted by Crippen LogP contribution is 2.07. The summed E-state index contributed by atoms with van der Waals surface area (Å²) in [6, 6.07) is 3.63. The Morgan fingerprint density at radius 1 is 1.35 bits per heavy atom. The van der Waals surface area contributed by atoms with E-state index < -0.39 is 0 Å². The second-order valence-corrected chi connectivity index (χ2v) is 4.41. The first kappa shape index (κ1) is 14.0. The van der Waals surface area contributed by atoms with Gasteiger partial charge in [0.1, 0.15) is 5.69 Å². The minimum atomic E-state index is -0.162. The van der Waals surface area contributed by atoms with Gasteiger partial charge in [0.2, 0.25) is 0 Å². The van der Waals surface area contributed by atoms with Crippen LogP contribution in [0.2, 0.25) is 0 Å². The van der Waals surface area contributed by atoms with Crippen LogP contribution in [0.15, 0.2) is 37.1 Å². The second kappa shape index (κ2) is 7.28. The van der Waals surface area contributed by atoms with Crippen molar-refractivity contribution in [1.29, 1.82) is 0 Å². The predicted molar refractivity (Wildman–Crippen MR) is 77.6 cm³/mol. The van der Waals surface area contributed by atoms with Crippen LogP contribution >= 0.6 is 0 Å². The van der Waals surface area contributed by atoms with Gasteiger partial charge in [-0.05, 0) is 18.6 Å². The van der Waals surface area contributed by atoms with E-state index >= 15 is 0 Å². The molecule has 0 aliphatic carbocycles. The van der Waals surface area contributed by atoms with Crippen LogP contribution in [0.25, 0.3) is 0 Å². The van der Waals surface area contributed by atoms with Gasteiger partial charge in [-0.2, -0.15) is 0 Å². The third-order valence-corrected chi connectivity index (χ3v) is 2.79. The predicted octanol–water partition coefficient (Wildman–Crippen LogP) is 1.53. The Morgan fingerprint density at radius 2 is 2.25 bits per heavy atom. The summed E-state index contributed by atoms with van der Waals surface area (Å²) in [5, 5.41) is 6.08. The number of carbonyl (C=O) groups excluding carboxylic acids is 1. The fourth-order valence-corrected chi connectivity index (χ4v) is 1.74. The molecule has 1 amide bonds. The van der Waals surface area contributed by atoms with Gasteiger partial charge in [0.15, 0.2) is 0 Å². The lowest BCUT2D eigenvalue weighted by molar-refractivity contribution is 0.0947. The van der Waals surface area contributed by atoms with Crippen LogP contribution in [0.3, 0.4) is 0 Å². The summed E-state index contributed by atoms with van der Waals surface area (Å²) in [6.07, 6.45) is 7.98. The lowest BCUT2D eigenvalue weighted by Crippen LogP contribution is -2.27. The van der Waals surface area contributed by atoms with E-state index in [2.05, 4.69) is 27.5 Å². The van der Waals surface area contributed by atoms with E-state index in [1.54, 1.807) is 24.8 Å². The van der Waals surface area contributed by atoms with Crippen molar-refractivity contribution >= 4 is 11.6 Å². The minimum Gasteiger partial charge on any atom is -0.385 e. The van der Waals surface area contributed by atoms with Gasteiger partial charge in [0.25, 0.3) is 5.91 Å². The van der Waals surface area contributed by atoms with Gasteiger partial charge in [-0.25, -0.2) is 4.98 Å². The van der Waals surface area contributed by atoms with Gasteiger partial charge in [0, 0.05) is 43.9 Å². The first-order valence-electron chi connectivity index (χ1n) is 6.73. The number of aromatic nitrogens is 3. The molecule has 0 aromatic carbocycles. The molecule has 0 unspecified atom stereocenters. The SMILES string of the molecule is CCCNc1ccnc(C(=O)NCCn2ccnc2)c1. The topological polar surface area (TPSA) is 71.8 Å². The number of pyridine rings is 1. The molecular weight excluding hydrogens is 254 g/mol. The maximum Gasteiger partial charge on any atom is 0.270 e. The van der Waals surface area contributed by atoms with E-state index in [0.717, 1.165) is 18.7 Å². The number of nitrogens with one attached hydrogen (secondary N) is 2. The molecule has 0 fully saturated rings. The molecule has 6 nitrogen and oxygen atoms in total. The van der Waals surface area contributed by atoms with E-state index in [1.807, 2.05) is 16.8 Å². The lowest BCUT2D eigenvalue weighted by Gasteiger charge is -2.08. The van der Waals surface area contributed by atoms with Gasteiger partial charge in [-0.15, -0.1) is 0 Å². The lowest BCUT2D eigenvalue weighted by atomic mass is 10.3. The average Bonchev–Trinajstić information content (AvgIpc) is 2.98. The number of hydrogen-bond acceptors (Lipinski definition) is 4. The van der Waals surface area contributed by atoms with Crippen LogP contribution in [0.4, 0.5) is 5.69 Å². The van der Waals surface area contributed by atoms with Gasteiger partial charge >= 0.3 is 0 Å². The highest BCUT2D eigenvalue weighted by Gasteiger charge is 2.07. The zero-order valence-corrected chi connectivity index (χ0v) is 11.5. The highest BCUT2D eigenvalue weighted by molar-refractivity contribution is 5.93. The van der Waals surface area contributed by atoms with Crippen LogP contribution in [0, 0.1) is 0 Å². The molecule has 2 heterocycles. The smallest absolute Gasteiger partial charge is 0.270 e. The Labute approximate surface area is 118 Å². The Balaban J connectivity index is 1.85. The molecule has 2 rings (SSSR count). The summed E-state index contributed by atoms with van der Waals surface area (Å²) in [5.41, 5.74) is 1.35. The Morgan fingerprint density at radius 3 is 3.00 bits per heavy atom. The van der Waals surface area contributed by atoms with E-state index in [-0.39, 0.29) is 5.91 Å². The molecular formula is C14H19N5O. The summed E-state index contributed by atoms with van der Waals surface area (Å²) in [7, 11) is 0. The molecule has 6 heteroatoms. The number of amides is 1. The van der Waals surface area contributed by atoms with Gasteiger partial charge in [-0.3, -0.25) is 9.78 Å². The highest BCUT2D eigenvalue weighted by atomic mass is 16.1. The maximum absolute atomic E-state index is 12.0. The third kappa shape index (κ3) is 4.08. The Kier molecular flexibility index (Phi) is 5.11. The summed E-state index contributed by atoms with van der Waals surface area (Å²) in [4.78, 5) is 20.0. The first-order chi connectivity index (χ1) is 9.79. The summed E-state index contributed by atoms with van der Waals surface area (Å²) in [5.74, 6) is -0.162. The zero-order valence-electron chi connectivity index (χ0n) is 11.5. The monoisotopic (exact) mass is 273 g/mol. The molecule has 0 saturated heterocycles. The Bertz CT molecular complexity index is 538. The number of anilines is 1. The van der Waals surface area contributed by atoms with Crippen molar-refractivity contribution in [2.24, 2.45) is 0 Å². The first-order valence-corrected chi connectivity index (χ1v) is 6.73. The van der Waals surface area contributed by atoms with Gasteiger partial charge < -0.3 is 15.2 Å². The number of rotatable bonds is 7. The number of carbonyl (C=O) groups is 1. The summed E-state index contributed by atoms with van der Waals surface area (Å²) < 4.78 is 1.91. The molecule has 0 aliphatic heterocycles. The van der Waals surface area contributed by atoms with Crippen LogP contribution in [0.1, 0.15) is 23.8 Å². The maximum atomic E-state index is 12.0. The molecule has 20 heavy (non-hydrogen) atoms. The normalized spacial score (nSPS) is 10.2. The molecule has 2 N–H and O–H groups in total. The molecule has 0 bridgehead atoms. The third-order valence-electron chi connectivity index (χ3n) is 2.79. The standard InChI is InChI=1S/C14H19N5O/c1-2-4-16-12-3-5-17-13(10-12)14(20)18-7-9-19-8-6-15-11-19/h3,5-6,8,10-11H,2,4,7,9H2,1H3,(H,16,17)(H,18,20). The number of imidazole rings is 1. The minimum absolute atomic E-state index is 0.162. The van der Waals surface area contributed by atoms with E-state index in [4.69, 9.17) is 0 Å². The largest absolute Gasteiger partial charge is 0.385 e. The van der Waals surface area contributed by atoms with Crippen molar-refractivity contribution in [3.05, 3.63) is 42.7 Å². The van der Waals surface area contributed by atoms with E-state index in [0.29, 0.717) is 18.8 Å².